The Morgan fingerprint density at radius 1 is 1.62 bits per heavy atom. The summed E-state index contributed by atoms with van der Waals surface area (Å²) in [5.41, 5.74) is 0.652. The van der Waals surface area contributed by atoms with Crippen molar-refractivity contribution < 1.29 is 13.9 Å². The summed E-state index contributed by atoms with van der Waals surface area (Å²) in [6.45, 7) is 4.52. The lowest BCUT2D eigenvalue weighted by Crippen LogP contribution is -2.48. The second-order valence-electron chi connectivity index (χ2n) is 4.57. The molecule has 112 valence electrons. The summed E-state index contributed by atoms with van der Waals surface area (Å²) in [7, 11) is 1.54. The Morgan fingerprint density at radius 3 is 3.10 bits per heavy atom. The van der Waals surface area contributed by atoms with E-state index in [0.29, 0.717) is 18.8 Å². The van der Waals surface area contributed by atoms with Crippen LogP contribution in [0.4, 0.5) is 10.1 Å². The monoisotopic (exact) mass is 292 g/mol. The molecular weight excluding hydrogens is 275 g/mol. The number of esters is 1. The highest BCUT2D eigenvalue weighted by Crippen LogP contribution is 2.19. The Hall–Kier alpha value is -2.44. The molecule has 1 saturated heterocycles. The Labute approximate surface area is 122 Å². The zero-order valence-electron chi connectivity index (χ0n) is 11.8. The van der Waals surface area contributed by atoms with Gasteiger partial charge < -0.3 is 9.64 Å². The van der Waals surface area contributed by atoms with E-state index in [-0.39, 0.29) is 18.3 Å². The molecule has 0 saturated carbocycles. The van der Waals surface area contributed by atoms with Crippen molar-refractivity contribution in [3.05, 3.63) is 42.9 Å². The van der Waals surface area contributed by atoms with Gasteiger partial charge in [-0.1, -0.05) is 17.9 Å². The molecule has 6 nitrogen and oxygen atoms in total. The molecule has 1 aromatic rings. The molecule has 1 aromatic carbocycles. The molecule has 0 aliphatic carbocycles. The maximum atomic E-state index is 13.3. The van der Waals surface area contributed by atoms with Gasteiger partial charge in [-0.05, 0) is 18.2 Å². The van der Waals surface area contributed by atoms with Crippen molar-refractivity contribution in [2.24, 2.45) is 10.3 Å². The summed E-state index contributed by atoms with van der Waals surface area (Å²) in [5.74, 6) is -0.691. The number of hydrogen-bond acceptors (Lipinski definition) is 5. The number of nitrogens with zero attached hydrogens (tertiary/aromatic N) is 4. The maximum Gasteiger partial charge on any atom is 0.325 e. The summed E-state index contributed by atoms with van der Waals surface area (Å²) in [6.07, 6.45) is 1.11. The number of carbonyl (C=O) groups is 1. The molecule has 1 aliphatic heterocycles. The normalized spacial score (nSPS) is 18.7. The molecule has 7 heteroatoms. The van der Waals surface area contributed by atoms with E-state index in [1.165, 1.54) is 23.3 Å². The van der Waals surface area contributed by atoms with Crippen LogP contribution < -0.4 is 4.90 Å². The molecule has 1 heterocycles. The van der Waals surface area contributed by atoms with Crippen LogP contribution in [0.2, 0.25) is 0 Å². The van der Waals surface area contributed by atoms with E-state index in [0.717, 1.165) is 0 Å². The molecule has 1 aliphatic rings. The average molecular weight is 292 g/mol. The Balaban J connectivity index is 2.08. The smallest absolute Gasteiger partial charge is 0.325 e. The van der Waals surface area contributed by atoms with Crippen molar-refractivity contribution in [2.75, 3.05) is 31.6 Å². The van der Waals surface area contributed by atoms with Crippen LogP contribution in [-0.4, -0.2) is 43.8 Å². The van der Waals surface area contributed by atoms with E-state index in [2.05, 4.69) is 16.9 Å². The molecule has 0 amide bonds. The molecule has 1 unspecified atom stereocenters. The zero-order chi connectivity index (χ0) is 15.2. The number of benzene rings is 1. The molecule has 21 heavy (non-hydrogen) atoms. The van der Waals surface area contributed by atoms with Gasteiger partial charge >= 0.3 is 5.97 Å². The zero-order valence-corrected chi connectivity index (χ0v) is 11.8. The van der Waals surface area contributed by atoms with Crippen LogP contribution in [0.5, 0.6) is 0 Å². The molecule has 1 fully saturated rings. The van der Waals surface area contributed by atoms with Gasteiger partial charge in [0.15, 0.2) is 0 Å². The third-order valence-corrected chi connectivity index (χ3v) is 3.02. The van der Waals surface area contributed by atoms with Crippen LogP contribution in [0.15, 0.2) is 47.4 Å². The summed E-state index contributed by atoms with van der Waals surface area (Å²) < 4.78 is 18.6. The second-order valence-corrected chi connectivity index (χ2v) is 4.57. The van der Waals surface area contributed by atoms with E-state index >= 15 is 0 Å². The number of ether oxygens (including phenoxy) is 1. The fraction of sp³-hybridized carbons (Fsp3) is 0.357. The van der Waals surface area contributed by atoms with Crippen molar-refractivity contribution in [3.63, 3.8) is 0 Å². The Kier molecular flexibility index (Phi) is 4.86. The molecule has 0 bridgehead atoms. The van der Waals surface area contributed by atoms with Gasteiger partial charge in [0.25, 0.3) is 0 Å². The van der Waals surface area contributed by atoms with Gasteiger partial charge in [-0.3, -0.25) is 9.80 Å². The first-order chi connectivity index (χ1) is 10.1. The summed E-state index contributed by atoms with van der Waals surface area (Å²) in [5, 5.41) is 8.99. The molecule has 1 atom stereocenters. The van der Waals surface area contributed by atoms with Gasteiger partial charge in [-0.25, -0.2) is 4.39 Å². The predicted molar refractivity (Wildman–Crippen MR) is 76.2 cm³/mol. The predicted octanol–water partition coefficient (Wildman–Crippen LogP) is 2.00. The van der Waals surface area contributed by atoms with Gasteiger partial charge in [-0.2, -0.15) is 5.11 Å². The van der Waals surface area contributed by atoms with Crippen LogP contribution >= 0.6 is 0 Å². The van der Waals surface area contributed by atoms with Crippen LogP contribution in [0.1, 0.15) is 0 Å². The summed E-state index contributed by atoms with van der Waals surface area (Å²) in [4.78, 5) is 13.5. The van der Waals surface area contributed by atoms with Crippen molar-refractivity contribution >= 4 is 11.7 Å². The highest BCUT2D eigenvalue weighted by Gasteiger charge is 2.28. The highest BCUT2D eigenvalue weighted by atomic mass is 19.1. The largest absolute Gasteiger partial charge is 0.457 e. The minimum absolute atomic E-state index is 0.101. The summed E-state index contributed by atoms with van der Waals surface area (Å²) in [6, 6.07) is 6.13. The number of anilines is 1. The van der Waals surface area contributed by atoms with Gasteiger partial charge in [-0.15, -0.1) is 0 Å². The molecular formula is C14H17FN4O2. The molecule has 0 N–H and O–H groups in total. The fourth-order valence-electron chi connectivity index (χ4n) is 2.16. The molecule has 2 rings (SSSR count). The van der Waals surface area contributed by atoms with E-state index in [1.54, 1.807) is 24.1 Å². The van der Waals surface area contributed by atoms with Gasteiger partial charge in [0.1, 0.15) is 18.5 Å². The average Bonchev–Trinajstić information content (AvgIpc) is 2.46. The van der Waals surface area contributed by atoms with E-state index in [4.69, 9.17) is 4.74 Å². The van der Waals surface area contributed by atoms with Crippen molar-refractivity contribution in [2.45, 2.75) is 6.10 Å². The molecule has 0 spiro atoms. The first-order valence-corrected chi connectivity index (χ1v) is 6.51. The quantitative estimate of drug-likeness (QED) is 0.473. The van der Waals surface area contributed by atoms with Gasteiger partial charge in [0, 0.05) is 11.9 Å². The number of carbonyl (C=O) groups excluding carboxylic acids is 1. The van der Waals surface area contributed by atoms with Crippen molar-refractivity contribution in [1.82, 2.24) is 5.01 Å². The number of halogens is 1. The fourth-order valence-corrected chi connectivity index (χ4v) is 2.16. The second kappa shape index (κ2) is 6.83. The topological polar surface area (TPSA) is 57.5 Å². The van der Waals surface area contributed by atoms with E-state index in [1.807, 2.05) is 0 Å². The minimum atomic E-state index is -0.391. The van der Waals surface area contributed by atoms with E-state index in [9.17, 15) is 9.18 Å². The molecule has 0 radical (unpaired) electrons. The number of rotatable bonds is 5. The lowest BCUT2D eigenvalue weighted by atomic mass is 10.2. The maximum absolute atomic E-state index is 13.3. The van der Waals surface area contributed by atoms with Crippen LogP contribution in [0, 0.1) is 5.82 Å². The van der Waals surface area contributed by atoms with E-state index < -0.39 is 6.10 Å². The van der Waals surface area contributed by atoms with Gasteiger partial charge in [0.05, 0.1) is 20.1 Å². The van der Waals surface area contributed by atoms with Gasteiger partial charge in [0.2, 0.25) is 0 Å². The first-order valence-electron chi connectivity index (χ1n) is 6.51. The van der Waals surface area contributed by atoms with Crippen LogP contribution in [-0.2, 0) is 9.53 Å². The van der Waals surface area contributed by atoms with Crippen LogP contribution in [0.25, 0.3) is 0 Å². The summed E-state index contributed by atoms with van der Waals surface area (Å²) >= 11 is 0. The minimum Gasteiger partial charge on any atom is -0.457 e. The molecule has 0 aromatic heterocycles. The first kappa shape index (κ1) is 15.0. The third kappa shape index (κ3) is 4.01. The van der Waals surface area contributed by atoms with Crippen molar-refractivity contribution in [1.29, 1.82) is 0 Å². The number of morpholine rings is 1. The standard InChI is InChI=1S/C14H17FN4O2/c1-3-19(17-16-2)9-13-8-18(10-14(20)21-13)12-6-4-5-11(15)7-12/h3-7,13H,1,8-10H2,2H3. The number of cyclic esters (lactones) is 1. The van der Waals surface area contributed by atoms with Crippen LogP contribution in [0.3, 0.4) is 0 Å². The Bertz CT molecular complexity index is 550. The number of hydrogen-bond donors (Lipinski definition) is 0. The van der Waals surface area contributed by atoms with Crippen molar-refractivity contribution in [3.8, 4) is 0 Å². The Morgan fingerprint density at radius 2 is 2.43 bits per heavy atom. The lowest BCUT2D eigenvalue weighted by molar-refractivity contribution is -0.150. The SMILES string of the molecule is C=CN(CC1CN(c2cccc(F)c2)CC(=O)O1)N=NC. The lowest BCUT2D eigenvalue weighted by Gasteiger charge is -2.34. The third-order valence-electron chi connectivity index (χ3n) is 3.02. The highest BCUT2D eigenvalue weighted by molar-refractivity contribution is 5.77.